The van der Waals surface area contributed by atoms with Gasteiger partial charge in [0.05, 0.1) is 12.0 Å². The molecule has 0 bridgehead atoms. The molecule has 12 heteroatoms. The second-order valence-corrected chi connectivity index (χ2v) is 8.52. The van der Waals surface area contributed by atoms with Crippen LogP contribution in [0.3, 0.4) is 0 Å². The van der Waals surface area contributed by atoms with Crippen molar-refractivity contribution in [2.75, 3.05) is 17.1 Å². The maximum atomic E-state index is 12.5. The molecule has 1 heterocycles. The van der Waals surface area contributed by atoms with Crippen LogP contribution in [0.4, 0.5) is 11.5 Å². The molecule has 0 unspecified atom stereocenters. The summed E-state index contributed by atoms with van der Waals surface area (Å²) in [5.74, 6) is -0.136. The molecule has 0 spiro atoms. The first-order valence-corrected chi connectivity index (χ1v) is 10.9. The first-order valence-electron chi connectivity index (χ1n) is 8.63. The fourth-order valence-electron chi connectivity index (χ4n) is 2.39. The van der Waals surface area contributed by atoms with Gasteiger partial charge >= 0.3 is 0 Å². The van der Waals surface area contributed by atoms with Gasteiger partial charge in [-0.1, -0.05) is 17.7 Å². The van der Waals surface area contributed by atoms with Crippen LogP contribution in [0.15, 0.2) is 65.8 Å². The Labute approximate surface area is 188 Å². The molecule has 160 valence electrons. The first-order chi connectivity index (χ1) is 14.8. The minimum Gasteiger partial charge on any atom is -0.481 e. The summed E-state index contributed by atoms with van der Waals surface area (Å²) in [6, 6.07) is 13.5. The van der Waals surface area contributed by atoms with Crippen molar-refractivity contribution in [2.45, 2.75) is 4.90 Å². The van der Waals surface area contributed by atoms with Gasteiger partial charge in [0.15, 0.2) is 5.11 Å². The molecule has 1 aromatic heterocycles. The van der Waals surface area contributed by atoms with Crippen molar-refractivity contribution in [1.82, 2.24) is 15.3 Å². The molecule has 31 heavy (non-hydrogen) atoms. The van der Waals surface area contributed by atoms with E-state index in [1.54, 1.807) is 18.2 Å². The predicted molar refractivity (Wildman–Crippen MR) is 121 cm³/mol. The van der Waals surface area contributed by atoms with Gasteiger partial charge in [-0.15, -0.1) is 0 Å². The third kappa shape index (κ3) is 6.10. The zero-order valence-electron chi connectivity index (χ0n) is 16.0. The number of anilines is 2. The highest BCUT2D eigenvalue weighted by Gasteiger charge is 2.16. The molecular formula is C19H16ClN5O4S2. The van der Waals surface area contributed by atoms with Gasteiger partial charge in [0, 0.05) is 22.3 Å². The molecule has 0 aliphatic rings. The van der Waals surface area contributed by atoms with Crippen molar-refractivity contribution in [3.63, 3.8) is 0 Å². The lowest BCUT2D eigenvalue weighted by atomic mass is 10.2. The van der Waals surface area contributed by atoms with Crippen molar-refractivity contribution < 1.29 is 17.9 Å². The highest BCUT2D eigenvalue weighted by molar-refractivity contribution is 7.92. The highest BCUT2D eigenvalue weighted by atomic mass is 35.5. The van der Waals surface area contributed by atoms with E-state index in [4.69, 9.17) is 28.6 Å². The monoisotopic (exact) mass is 477 g/mol. The van der Waals surface area contributed by atoms with E-state index in [0.717, 1.165) is 0 Å². The molecule has 0 aliphatic heterocycles. The highest BCUT2D eigenvalue weighted by Crippen LogP contribution is 2.19. The fraction of sp³-hybridized carbons (Fsp3) is 0.0526. The third-order valence-corrected chi connectivity index (χ3v) is 5.64. The number of amides is 1. The molecule has 0 atom stereocenters. The molecule has 2 aromatic carbocycles. The van der Waals surface area contributed by atoms with E-state index in [0.29, 0.717) is 16.3 Å². The van der Waals surface area contributed by atoms with Crippen molar-refractivity contribution in [3.05, 3.63) is 71.5 Å². The molecule has 3 N–H and O–H groups in total. The predicted octanol–water partition coefficient (Wildman–Crippen LogP) is 3.07. The Balaban J connectivity index is 1.63. The molecule has 3 aromatic rings. The molecule has 1 amide bonds. The van der Waals surface area contributed by atoms with Crippen LogP contribution in [-0.4, -0.2) is 36.5 Å². The number of ether oxygens (including phenoxy) is 1. The normalized spacial score (nSPS) is 10.8. The minimum absolute atomic E-state index is 0.00418. The van der Waals surface area contributed by atoms with E-state index in [1.807, 2.05) is 0 Å². The summed E-state index contributed by atoms with van der Waals surface area (Å²) in [5.41, 5.74) is 0.838. The number of rotatable bonds is 6. The van der Waals surface area contributed by atoms with Crippen LogP contribution < -0.4 is 20.1 Å². The van der Waals surface area contributed by atoms with Crippen molar-refractivity contribution in [2.24, 2.45) is 0 Å². The number of benzene rings is 2. The lowest BCUT2D eigenvalue weighted by Crippen LogP contribution is -2.34. The number of carbonyl (C=O) groups is 1. The number of thiocarbonyl (C=S) groups is 1. The van der Waals surface area contributed by atoms with Crippen molar-refractivity contribution >= 4 is 56.4 Å². The van der Waals surface area contributed by atoms with Crippen LogP contribution in [0.25, 0.3) is 0 Å². The molecule has 0 radical (unpaired) electrons. The largest absolute Gasteiger partial charge is 0.481 e. The molecule has 0 fully saturated rings. The van der Waals surface area contributed by atoms with Gasteiger partial charge in [0.2, 0.25) is 5.88 Å². The SMILES string of the molecule is COc1cc(NS(=O)(=O)c2ccc(NC(=S)NC(=O)c3cccc(Cl)c3)cc2)ncn1. The maximum absolute atomic E-state index is 12.5. The smallest absolute Gasteiger partial charge is 0.263 e. The number of halogens is 1. The summed E-state index contributed by atoms with van der Waals surface area (Å²) in [5, 5.41) is 5.82. The van der Waals surface area contributed by atoms with Gasteiger partial charge < -0.3 is 10.1 Å². The lowest BCUT2D eigenvalue weighted by Gasteiger charge is -2.11. The van der Waals surface area contributed by atoms with Gasteiger partial charge in [-0.2, -0.15) is 0 Å². The molecule has 3 rings (SSSR count). The Morgan fingerprint density at radius 3 is 2.52 bits per heavy atom. The van der Waals surface area contributed by atoms with E-state index in [9.17, 15) is 13.2 Å². The Morgan fingerprint density at radius 1 is 1.10 bits per heavy atom. The third-order valence-electron chi connectivity index (χ3n) is 3.83. The number of nitrogens with one attached hydrogen (secondary N) is 3. The Bertz CT molecular complexity index is 1220. The number of aromatic nitrogens is 2. The maximum Gasteiger partial charge on any atom is 0.263 e. The number of methoxy groups -OCH3 is 1. The van der Waals surface area contributed by atoms with Crippen LogP contribution in [0, 0.1) is 0 Å². The van der Waals surface area contributed by atoms with Crippen molar-refractivity contribution in [3.8, 4) is 5.88 Å². The second kappa shape index (κ2) is 9.69. The van der Waals surface area contributed by atoms with Gasteiger partial charge in [-0.3, -0.25) is 14.8 Å². The molecular weight excluding hydrogens is 462 g/mol. The molecule has 0 saturated carbocycles. The van der Waals surface area contributed by atoms with Crippen LogP contribution >= 0.6 is 23.8 Å². The van der Waals surface area contributed by atoms with Gasteiger partial charge in [0.25, 0.3) is 15.9 Å². The van der Waals surface area contributed by atoms with E-state index in [2.05, 4.69) is 25.3 Å². The summed E-state index contributed by atoms with van der Waals surface area (Å²) in [6.07, 6.45) is 1.18. The van der Waals surface area contributed by atoms with Gasteiger partial charge in [0.1, 0.15) is 12.1 Å². The average Bonchev–Trinajstić information content (AvgIpc) is 2.74. The number of carbonyl (C=O) groups excluding carboxylic acids is 1. The van der Waals surface area contributed by atoms with E-state index < -0.39 is 15.9 Å². The standard InChI is InChI=1S/C19H16ClN5O4S2/c1-29-17-10-16(21-11-22-17)25-31(27,28)15-7-5-14(6-8-15)23-19(30)24-18(26)12-3-2-4-13(20)9-12/h2-11H,1H3,(H,21,22,25)(H2,23,24,26,30). The van der Waals surface area contributed by atoms with Crippen LogP contribution in [0.5, 0.6) is 5.88 Å². The topological polar surface area (TPSA) is 122 Å². The quantitative estimate of drug-likeness (QED) is 0.463. The van der Waals surface area contributed by atoms with Gasteiger partial charge in [-0.25, -0.2) is 18.4 Å². The number of sulfonamides is 1. The van der Waals surface area contributed by atoms with E-state index in [-0.39, 0.29) is 21.7 Å². The minimum atomic E-state index is -3.88. The van der Waals surface area contributed by atoms with Crippen LogP contribution in [-0.2, 0) is 10.0 Å². The Kier molecular flexibility index (Phi) is 7.00. The lowest BCUT2D eigenvalue weighted by molar-refractivity contribution is 0.0977. The number of hydrogen-bond acceptors (Lipinski definition) is 7. The molecule has 0 aliphatic carbocycles. The first kappa shape index (κ1) is 22.4. The average molecular weight is 478 g/mol. The molecule has 9 nitrogen and oxygen atoms in total. The second-order valence-electron chi connectivity index (χ2n) is 5.99. The zero-order chi connectivity index (χ0) is 22.4. The summed E-state index contributed by atoms with van der Waals surface area (Å²) in [7, 11) is -2.47. The number of nitrogens with zero attached hydrogens (tertiary/aromatic N) is 2. The van der Waals surface area contributed by atoms with E-state index in [1.165, 1.54) is 49.8 Å². The Hall–Kier alpha value is -3.28. The van der Waals surface area contributed by atoms with Crippen LogP contribution in [0.2, 0.25) is 5.02 Å². The van der Waals surface area contributed by atoms with Crippen molar-refractivity contribution in [1.29, 1.82) is 0 Å². The zero-order valence-corrected chi connectivity index (χ0v) is 18.4. The Morgan fingerprint density at radius 2 is 1.84 bits per heavy atom. The summed E-state index contributed by atoms with van der Waals surface area (Å²) < 4.78 is 32.4. The number of hydrogen-bond donors (Lipinski definition) is 3. The van der Waals surface area contributed by atoms with Gasteiger partial charge in [-0.05, 0) is 54.7 Å². The molecule has 0 saturated heterocycles. The summed E-state index contributed by atoms with van der Waals surface area (Å²) in [6.45, 7) is 0. The summed E-state index contributed by atoms with van der Waals surface area (Å²) >= 11 is 11.0. The van der Waals surface area contributed by atoms with E-state index >= 15 is 0 Å². The summed E-state index contributed by atoms with van der Waals surface area (Å²) in [4.78, 5) is 19.9. The van der Waals surface area contributed by atoms with Crippen LogP contribution in [0.1, 0.15) is 10.4 Å². The fourth-order valence-corrected chi connectivity index (χ4v) is 3.79.